The zero-order chi connectivity index (χ0) is 8.36. The van der Waals surface area contributed by atoms with Crippen LogP contribution < -0.4 is 0 Å². The fraction of sp³-hybridized carbons (Fsp3) is 0.667. The fourth-order valence-corrected chi connectivity index (χ4v) is 0.761. The smallest absolute Gasteiger partial charge is 0.260 e. The maximum Gasteiger partial charge on any atom is 0.365 e. The molecule has 0 bridgehead atoms. The van der Waals surface area contributed by atoms with Crippen LogP contribution in [0.4, 0.5) is 4.79 Å². The molecule has 0 aromatic rings. The Morgan fingerprint density at radius 3 is 2.00 bits per heavy atom. The van der Waals surface area contributed by atoms with E-state index in [-0.39, 0.29) is 0 Å². The van der Waals surface area contributed by atoms with Crippen LogP contribution in [-0.2, 0) is 14.4 Å². The molecule has 0 atom stereocenters. The van der Waals surface area contributed by atoms with Gasteiger partial charge in [0.1, 0.15) is 0 Å². The minimum absolute atomic E-state index is 0.857. The van der Waals surface area contributed by atoms with Crippen LogP contribution in [0.5, 0.6) is 0 Å². The molecule has 0 saturated heterocycles. The Morgan fingerprint density at radius 2 is 1.90 bits per heavy atom. The first-order valence-electron chi connectivity index (χ1n) is 2.17. The number of carbonyl (C=O) groups is 1. The van der Waals surface area contributed by atoms with Gasteiger partial charge in [0.25, 0.3) is 0 Å². The van der Waals surface area contributed by atoms with Gasteiger partial charge in [0, 0.05) is 14.1 Å². The van der Waals surface area contributed by atoms with Crippen molar-refractivity contribution in [2.45, 2.75) is 0 Å². The number of hydroxylamine groups is 2. The second-order valence-corrected chi connectivity index (χ2v) is 3.57. The fourth-order valence-electron chi connectivity index (χ4n) is 0.226. The molecule has 7 heteroatoms. The Kier molecular flexibility index (Phi) is 3.23. The molecule has 0 heterocycles. The Morgan fingerprint density at radius 1 is 1.50 bits per heavy atom. The van der Waals surface area contributed by atoms with E-state index < -0.39 is 14.7 Å². The Balaban J connectivity index is 4.31. The Labute approximate surface area is 63.6 Å². The molecule has 0 radical (unpaired) electrons. The molecule has 0 fully saturated rings. The number of hydrogen-bond acceptors (Lipinski definition) is 5. The average Bonchev–Trinajstić information content (AvgIpc) is 1.60. The summed E-state index contributed by atoms with van der Waals surface area (Å²) in [7, 11) is -1.61. The minimum Gasteiger partial charge on any atom is -0.260 e. The highest BCUT2D eigenvalue weighted by Crippen LogP contribution is 2.01. The van der Waals surface area contributed by atoms with Crippen LogP contribution in [0.1, 0.15) is 0 Å². The van der Waals surface area contributed by atoms with Gasteiger partial charge in [-0.2, -0.15) is 17.8 Å². The van der Waals surface area contributed by atoms with E-state index in [2.05, 4.69) is 15.9 Å². The number of halogens is 1. The first-order valence-corrected chi connectivity index (χ1v) is 3.96. The molecule has 0 aliphatic carbocycles. The van der Waals surface area contributed by atoms with Gasteiger partial charge in [-0.05, 0) is 11.6 Å². The summed E-state index contributed by atoms with van der Waals surface area (Å²) < 4.78 is 23.3. The quantitative estimate of drug-likeness (QED) is 0.456. The van der Waals surface area contributed by atoms with Gasteiger partial charge < -0.3 is 0 Å². The molecule has 60 valence electrons. The molecule has 0 saturated carbocycles. The largest absolute Gasteiger partial charge is 0.365 e. The summed E-state index contributed by atoms with van der Waals surface area (Å²) in [5, 5.41) is 0.857. The number of rotatable bonds is 2. The van der Waals surface area contributed by atoms with Crippen LogP contribution >= 0.6 is 11.6 Å². The van der Waals surface area contributed by atoms with Crippen LogP contribution in [0.2, 0.25) is 0 Å². The molecule has 0 amide bonds. The number of nitrogens with zero attached hydrogens (tertiary/aromatic N) is 1. The molecule has 0 aliphatic heterocycles. The summed E-state index contributed by atoms with van der Waals surface area (Å²) in [6.07, 6.45) is 0. The van der Waals surface area contributed by atoms with Crippen molar-refractivity contribution in [3.63, 3.8) is 0 Å². The van der Waals surface area contributed by atoms with E-state index in [9.17, 15) is 13.2 Å². The van der Waals surface area contributed by atoms with Gasteiger partial charge in [-0.3, -0.25) is 4.79 Å². The van der Waals surface area contributed by atoms with E-state index in [1.165, 1.54) is 14.1 Å². The van der Waals surface area contributed by atoms with Crippen molar-refractivity contribution >= 4 is 26.3 Å². The van der Waals surface area contributed by atoms with Crippen LogP contribution in [0.15, 0.2) is 0 Å². The van der Waals surface area contributed by atoms with Crippen LogP contribution in [0.25, 0.3) is 0 Å². The maximum absolute atomic E-state index is 10.4. The normalized spacial score (nSPS) is 12.0. The van der Waals surface area contributed by atoms with Gasteiger partial charge >= 0.3 is 14.7 Å². The summed E-state index contributed by atoms with van der Waals surface area (Å²) >= 11 is 4.63. The van der Waals surface area contributed by atoms with Gasteiger partial charge in [-0.15, -0.1) is 0 Å². The minimum atomic E-state index is -4.24. The SMILES string of the molecule is CN(C)OS(=O)(=O)C(=O)Cl. The Bertz CT molecular complexity index is 221. The topological polar surface area (TPSA) is 63.7 Å². The molecule has 0 aromatic heterocycles. The molecule has 0 aliphatic rings. The lowest BCUT2D eigenvalue weighted by atomic mass is 11.2. The molecule has 0 N–H and O–H groups in total. The highest BCUT2D eigenvalue weighted by Gasteiger charge is 2.21. The van der Waals surface area contributed by atoms with E-state index in [1.54, 1.807) is 0 Å². The van der Waals surface area contributed by atoms with E-state index in [4.69, 9.17) is 0 Å². The molecule has 10 heavy (non-hydrogen) atoms. The van der Waals surface area contributed by atoms with E-state index in [0.29, 0.717) is 0 Å². The molecule has 0 unspecified atom stereocenters. The van der Waals surface area contributed by atoms with Crippen molar-refractivity contribution in [1.82, 2.24) is 5.06 Å². The second kappa shape index (κ2) is 3.29. The van der Waals surface area contributed by atoms with Crippen molar-refractivity contribution in [3.8, 4) is 0 Å². The first kappa shape index (κ1) is 9.83. The third kappa shape index (κ3) is 3.11. The molecule has 0 rings (SSSR count). The predicted molar refractivity (Wildman–Crippen MR) is 34.9 cm³/mol. The van der Waals surface area contributed by atoms with Crippen LogP contribution in [-0.4, -0.2) is 32.2 Å². The lowest BCUT2D eigenvalue weighted by Crippen LogP contribution is -2.21. The van der Waals surface area contributed by atoms with Gasteiger partial charge in [0.05, 0.1) is 0 Å². The van der Waals surface area contributed by atoms with Crippen LogP contribution in [0.3, 0.4) is 0 Å². The van der Waals surface area contributed by atoms with Crippen molar-refractivity contribution in [1.29, 1.82) is 0 Å². The van der Waals surface area contributed by atoms with Gasteiger partial charge in [0.2, 0.25) is 0 Å². The Hall–Kier alpha value is -0.170. The third-order valence-corrected chi connectivity index (χ3v) is 1.90. The number of carbonyl (C=O) groups excluding carboxylic acids is 1. The molecule has 0 aromatic carbocycles. The summed E-state index contributed by atoms with van der Waals surface area (Å²) in [5.74, 6) is 0. The monoisotopic (exact) mass is 187 g/mol. The van der Waals surface area contributed by atoms with Crippen molar-refractivity contribution in [2.75, 3.05) is 14.1 Å². The molecule has 0 spiro atoms. The van der Waals surface area contributed by atoms with E-state index in [1.807, 2.05) is 0 Å². The summed E-state index contributed by atoms with van der Waals surface area (Å²) in [6, 6.07) is 0. The van der Waals surface area contributed by atoms with Crippen molar-refractivity contribution in [3.05, 3.63) is 0 Å². The van der Waals surface area contributed by atoms with Crippen molar-refractivity contribution in [2.24, 2.45) is 0 Å². The summed E-state index contributed by atoms with van der Waals surface area (Å²) in [5.41, 5.74) is 0. The average molecular weight is 188 g/mol. The molecular weight excluding hydrogens is 182 g/mol. The molecular formula is C3H6ClNO4S. The first-order chi connectivity index (χ1) is 4.36. The highest BCUT2D eigenvalue weighted by molar-refractivity contribution is 8.05. The van der Waals surface area contributed by atoms with E-state index in [0.717, 1.165) is 5.06 Å². The lowest BCUT2D eigenvalue weighted by molar-refractivity contribution is 0.00741. The summed E-state index contributed by atoms with van der Waals surface area (Å²) in [6.45, 7) is 0. The van der Waals surface area contributed by atoms with Crippen LogP contribution in [0, 0.1) is 0 Å². The summed E-state index contributed by atoms with van der Waals surface area (Å²) in [4.78, 5) is 10.0. The van der Waals surface area contributed by atoms with E-state index >= 15 is 0 Å². The lowest BCUT2D eigenvalue weighted by Gasteiger charge is -2.05. The second-order valence-electron chi connectivity index (χ2n) is 1.58. The van der Waals surface area contributed by atoms with Gasteiger partial charge in [-0.1, -0.05) is 0 Å². The predicted octanol–water partition coefficient (Wildman–Crippen LogP) is 0.168. The maximum atomic E-state index is 10.4. The standard InChI is InChI=1S/C3H6ClNO4S/c1-5(2)9-10(7,8)3(4)6/h1-2H3. The molecule has 5 nitrogen and oxygen atoms in total. The third-order valence-electron chi connectivity index (χ3n) is 0.444. The van der Waals surface area contributed by atoms with Gasteiger partial charge in [-0.25, -0.2) is 0 Å². The zero-order valence-electron chi connectivity index (χ0n) is 5.37. The highest BCUT2D eigenvalue weighted by atomic mass is 35.5. The zero-order valence-corrected chi connectivity index (χ0v) is 6.94. The number of hydrogen-bond donors (Lipinski definition) is 0. The van der Waals surface area contributed by atoms with Gasteiger partial charge in [0.15, 0.2) is 0 Å². The van der Waals surface area contributed by atoms with Crippen molar-refractivity contribution < 1.29 is 17.5 Å².